The first-order chi connectivity index (χ1) is 14.6. The van der Waals surface area contributed by atoms with Crippen molar-refractivity contribution >= 4 is 33.5 Å². The van der Waals surface area contributed by atoms with Gasteiger partial charge in [0.05, 0.1) is 24.9 Å². The fraction of sp³-hybridized carbons (Fsp3) is 0.0870. The van der Waals surface area contributed by atoms with Gasteiger partial charge in [-0.15, -0.1) is 0 Å². The van der Waals surface area contributed by atoms with Crippen molar-refractivity contribution in [2.45, 2.75) is 6.54 Å². The van der Waals surface area contributed by atoms with Gasteiger partial charge in [0.2, 0.25) is 0 Å². The number of fused-ring (bicyclic) bond motifs is 3. The van der Waals surface area contributed by atoms with Crippen molar-refractivity contribution < 1.29 is 4.74 Å². The number of para-hydroxylation sites is 1. The van der Waals surface area contributed by atoms with Crippen molar-refractivity contribution in [1.82, 2.24) is 19.6 Å². The molecule has 0 aliphatic carbocycles. The van der Waals surface area contributed by atoms with Crippen LogP contribution in [0.1, 0.15) is 5.56 Å². The van der Waals surface area contributed by atoms with Crippen LogP contribution in [0.4, 0.5) is 0 Å². The highest BCUT2D eigenvalue weighted by molar-refractivity contribution is 14.1. The van der Waals surface area contributed by atoms with E-state index >= 15 is 0 Å². The SMILES string of the molecule is COc1ccc(-n2nc3c4ccccc4n(Cc4ccc(I)cc4)nc-3c2=O)cc1. The van der Waals surface area contributed by atoms with Gasteiger partial charge >= 0.3 is 5.56 Å². The van der Waals surface area contributed by atoms with Crippen LogP contribution in [0.15, 0.2) is 77.6 Å². The van der Waals surface area contributed by atoms with Crippen LogP contribution in [0.5, 0.6) is 5.75 Å². The lowest BCUT2D eigenvalue weighted by Gasteiger charge is -2.12. The molecule has 0 saturated carbocycles. The van der Waals surface area contributed by atoms with E-state index in [1.165, 1.54) is 8.25 Å². The largest absolute Gasteiger partial charge is 0.497 e. The van der Waals surface area contributed by atoms with Gasteiger partial charge in [-0.25, -0.2) is 0 Å². The van der Waals surface area contributed by atoms with Crippen molar-refractivity contribution in [2.24, 2.45) is 0 Å². The molecule has 3 aromatic carbocycles. The van der Waals surface area contributed by atoms with Crippen LogP contribution >= 0.6 is 22.6 Å². The molecule has 0 unspecified atom stereocenters. The van der Waals surface area contributed by atoms with Gasteiger partial charge in [0.15, 0.2) is 5.69 Å². The van der Waals surface area contributed by atoms with Gasteiger partial charge in [0.25, 0.3) is 0 Å². The highest BCUT2D eigenvalue weighted by Crippen LogP contribution is 2.26. The first-order valence-corrected chi connectivity index (χ1v) is 10.5. The van der Waals surface area contributed by atoms with Crippen LogP contribution in [0.25, 0.3) is 28.0 Å². The number of methoxy groups -OCH3 is 1. The molecule has 0 saturated heterocycles. The summed E-state index contributed by atoms with van der Waals surface area (Å²) in [5, 5.41) is 10.2. The second-order valence-electron chi connectivity index (χ2n) is 6.91. The molecule has 0 bridgehead atoms. The summed E-state index contributed by atoms with van der Waals surface area (Å²) in [5.74, 6) is 0.724. The van der Waals surface area contributed by atoms with E-state index in [9.17, 15) is 4.79 Å². The summed E-state index contributed by atoms with van der Waals surface area (Å²) in [6.07, 6.45) is 0. The molecule has 148 valence electrons. The van der Waals surface area contributed by atoms with E-state index < -0.39 is 0 Å². The second kappa shape index (κ2) is 7.56. The Balaban J connectivity index is 1.70. The van der Waals surface area contributed by atoms with Gasteiger partial charge in [-0.05, 0) is 70.6 Å². The number of hydrogen-bond acceptors (Lipinski definition) is 4. The fourth-order valence-electron chi connectivity index (χ4n) is 3.52. The van der Waals surface area contributed by atoms with Gasteiger partial charge in [-0.2, -0.15) is 14.9 Å². The summed E-state index contributed by atoms with van der Waals surface area (Å²) in [6.45, 7) is 0.570. The van der Waals surface area contributed by atoms with Crippen LogP contribution in [0.3, 0.4) is 0 Å². The molecule has 5 rings (SSSR count). The lowest BCUT2D eigenvalue weighted by Crippen LogP contribution is -2.17. The summed E-state index contributed by atoms with van der Waals surface area (Å²) in [6, 6.07) is 23.4. The number of aromatic nitrogens is 4. The Morgan fingerprint density at radius 3 is 2.37 bits per heavy atom. The number of nitrogens with zero attached hydrogens (tertiary/aromatic N) is 4. The molecule has 6 nitrogen and oxygen atoms in total. The average Bonchev–Trinajstić information content (AvgIpc) is 3.12. The summed E-state index contributed by atoms with van der Waals surface area (Å²) < 4.78 is 9.66. The molecule has 0 aromatic heterocycles. The average molecular weight is 508 g/mol. The zero-order valence-electron chi connectivity index (χ0n) is 16.1. The third-order valence-corrected chi connectivity index (χ3v) is 5.76. The van der Waals surface area contributed by atoms with Gasteiger partial charge in [-0.3, -0.25) is 9.48 Å². The predicted molar refractivity (Wildman–Crippen MR) is 125 cm³/mol. The summed E-state index contributed by atoms with van der Waals surface area (Å²) in [7, 11) is 1.61. The topological polar surface area (TPSA) is 61.9 Å². The summed E-state index contributed by atoms with van der Waals surface area (Å²) in [5.41, 5.74) is 3.44. The Labute approximate surface area is 186 Å². The van der Waals surface area contributed by atoms with E-state index in [1.54, 1.807) is 7.11 Å². The molecule has 0 N–H and O–H groups in total. The highest BCUT2D eigenvalue weighted by atomic mass is 127. The van der Waals surface area contributed by atoms with E-state index in [0.717, 1.165) is 22.2 Å². The van der Waals surface area contributed by atoms with E-state index in [-0.39, 0.29) is 5.56 Å². The Hall–Kier alpha value is -3.20. The quantitative estimate of drug-likeness (QED) is 0.339. The first kappa shape index (κ1) is 18.8. The molecule has 2 heterocycles. The van der Waals surface area contributed by atoms with Crippen molar-refractivity contribution in [1.29, 1.82) is 0 Å². The van der Waals surface area contributed by atoms with E-state index in [4.69, 9.17) is 9.84 Å². The lowest BCUT2D eigenvalue weighted by molar-refractivity contribution is 0.414. The minimum absolute atomic E-state index is 0.239. The van der Waals surface area contributed by atoms with Crippen molar-refractivity contribution in [3.8, 4) is 22.8 Å². The smallest absolute Gasteiger partial charge is 0.301 e. The summed E-state index contributed by atoms with van der Waals surface area (Å²) >= 11 is 2.29. The van der Waals surface area contributed by atoms with Crippen LogP contribution in [0.2, 0.25) is 0 Å². The van der Waals surface area contributed by atoms with Gasteiger partial charge in [-0.1, -0.05) is 30.3 Å². The van der Waals surface area contributed by atoms with Crippen LogP contribution in [0, 0.1) is 3.57 Å². The monoisotopic (exact) mass is 508 g/mol. The van der Waals surface area contributed by atoms with Gasteiger partial charge in [0.1, 0.15) is 11.4 Å². The maximum absolute atomic E-state index is 13.2. The molecule has 0 spiro atoms. The summed E-state index contributed by atoms with van der Waals surface area (Å²) in [4.78, 5) is 13.2. The van der Waals surface area contributed by atoms with Crippen LogP contribution in [-0.4, -0.2) is 26.7 Å². The van der Waals surface area contributed by atoms with Gasteiger partial charge in [0, 0.05) is 8.96 Å². The Morgan fingerprint density at radius 1 is 0.900 bits per heavy atom. The molecule has 0 radical (unpaired) electrons. The number of ether oxygens (including phenoxy) is 1. The normalized spacial score (nSPS) is 11.3. The van der Waals surface area contributed by atoms with Crippen molar-refractivity contribution in [2.75, 3.05) is 7.11 Å². The number of rotatable bonds is 4. The number of hydrogen-bond donors (Lipinski definition) is 0. The minimum Gasteiger partial charge on any atom is -0.497 e. The lowest BCUT2D eigenvalue weighted by atomic mass is 10.1. The van der Waals surface area contributed by atoms with Crippen LogP contribution < -0.4 is 10.3 Å². The zero-order valence-corrected chi connectivity index (χ0v) is 18.3. The minimum atomic E-state index is -0.239. The van der Waals surface area contributed by atoms with Crippen LogP contribution in [-0.2, 0) is 6.54 Å². The molecule has 30 heavy (non-hydrogen) atoms. The van der Waals surface area contributed by atoms with E-state index in [1.807, 2.05) is 53.2 Å². The zero-order chi connectivity index (χ0) is 20.7. The molecular weight excluding hydrogens is 491 g/mol. The Kier molecular flexibility index (Phi) is 4.74. The Morgan fingerprint density at radius 2 is 1.63 bits per heavy atom. The third kappa shape index (κ3) is 3.24. The van der Waals surface area contributed by atoms with E-state index in [0.29, 0.717) is 23.6 Å². The second-order valence-corrected chi connectivity index (χ2v) is 8.16. The molecule has 2 aliphatic rings. The molecule has 7 heteroatoms. The molecule has 0 fully saturated rings. The maximum Gasteiger partial charge on any atom is 0.301 e. The maximum atomic E-state index is 13.2. The Bertz CT molecular complexity index is 1370. The standard InChI is InChI=1S/C23H17IN4O2/c1-30-18-12-10-17(11-13-18)28-23(29)22-21(26-28)19-4-2-3-5-20(19)27(25-22)14-15-6-8-16(24)9-7-15/h2-13H,14H2,1H3. The molecular formula is C23H17IN4O2. The van der Waals surface area contributed by atoms with E-state index in [2.05, 4.69) is 52.0 Å². The number of halogens is 1. The predicted octanol–water partition coefficient (Wildman–Crippen LogP) is 4.35. The fourth-order valence-corrected chi connectivity index (χ4v) is 3.88. The van der Waals surface area contributed by atoms with Gasteiger partial charge < -0.3 is 4.74 Å². The third-order valence-electron chi connectivity index (χ3n) is 5.04. The first-order valence-electron chi connectivity index (χ1n) is 9.41. The van der Waals surface area contributed by atoms with Crippen molar-refractivity contribution in [3.05, 3.63) is 92.3 Å². The molecule has 0 amide bonds. The van der Waals surface area contributed by atoms with Crippen molar-refractivity contribution in [3.63, 3.8) is 0 Å². The molecule has 2 aliphatic heterocycles. The molecule has 3 aromatic rings. The highest BCUT2D eigenvalue weighted by Gasteiger charge is 2.22. The number of benzene rings is 3. The molecule has 0 atom stereocenters.